The Bertz CT molecular complexity index is 655. The van der Waals surface area contributed by atoms with E-state index in [9.17, 15) is 18.4 Å². The van der Waals surface area contributed by atoms with E-state index in [1.165, 1.54) is 9.80 Å². The largest absolute Gasteiger partial charge is 0.439 e. The summed E-state index contributed by atoms with van der Waals surface area (Å²) in [5, 5.41) is 2.37. The summed E-state index contributed by atoms with van der Waals surface area (Å²) in [5.74, 6) is -1.35. The molecule has 2 fully saturated rings. The minimum absolute atomic E-state index is 0.213. The summed E-state index contributed by atoms with van der Waals surface area (Å²) in [5.41, 5.74) is -0.933. The Morgan fingerprint density at radius 2 is 2.13 bits per heavy atom. The molecule has 0 aliphatic carbocycles. The van der Waals surface area contributed by atoms with Crippen molar-refractivity contribution in [3.8, 4) is 0 Å². The molecule has 2 aliphatic rings. The number of nitrogens with one attached hydrogen (secondary N) is 1. The highest BCUT2D eigenvalue weighted by molar-refractivity contribution is 5.89. The molecular formula is C15H17F2N3O3. The SMILES string of the molecule is CN1C[C@@]2(CCCN(C(=O)Nc3cc(F)ccc3F)C2)OC1=O. The van der Waals surface area contributed by atoms with Gasteiger partial charge < -0.3 is 19.9 Å². The van der Waals surface area contributed by atoms with Gasteiger partial charge in [0.25, 0.3) is 0 Å². The first-order valence-corrected chi connectivity index (χ1v) is 7.34. The van der Waals surface area contributed by atoms with Crippen LogP contribution in [-0.2, 0) is 4.74 Å². The summed E-state index contributed by atoms with van der Waals surface area (Å²) in [7, 11) is 1.64. The fourth-order valence-corrected chi connectivity index (χ4v) is 3.06. The zero-order valence-corrected chi connectivity index (χ0v) is 12.6. The van der Waals surface area contributed by atoms with Crippen molar-refractivity contribution in [1.82, 2.24) is 9.80 Å². The highest BCUT2D eigenvalue weighted by Gasteiger charge is 2.47. The topological polar surface area (TPSA) is 61.9 Å². The van der Waals surface area contributed by atoms with Crippen LogP contribution in [0, 0.1) is 11.6 Å². The molecule has 0 radical (unpaired) electrons. The van der Waals surface area contributed by atoms with E-state index in [4.69, 9.17) is 4.74 Å². The van der Waals surface area contributed by atoms with E-state index in [1.807, 2.05) is 0 Å². The van der Waals surface area contributed by atoms with Crippen LogP contribution in [0.3, 0.4) is 0 Å². The molecule has 6 nitrogen and oxygen atoms in total. The van der Waals surface area contributed by atoms with Crippen molar-refractivity contribution in [3.05, 3.63) is 29.8 Å². The number of urea groups is 1. The van der Waals surface area contributed by atoms with Crippen molar-refractivity contribution in [1.29, 1.82) is 0 Å². The third-order valence-corrected chi connectivity index (χ3v) is 4.14. The summed E-state index contributed by atoms with van der Waals surface area (Å²) >= 11 is 0. The number of anilines is 1. The molecule has 124 valence electrons. The van der Waals surface area contributed by atoms with Gasteiger partial charge in [0.15, 0.2) is 0 Å². The molecule has 2 aliphatic heterocycles. The monoisotopic (exact) mass is 325 g/mol. The molecule has 1 atom stereocenters. The quantitative estimate of drug-likeness (QED) is 0.862. The van der Waals surface area contributed by atoms with Gasteiger partial charge in [0.2, 0.25) is 0 Å². The van der Waals surface area contributed by atoms with Gasteiger partial charge in [-0.2, -0.15) is 0 Å². The van der Waals surface area contributed by atoms with E-state index >= 15 is 0 Å². The number of halogens is 2. The van der Waals surface area contributed by atoms with Gasteiger partial charge in [-0.3, -0.25) is 0 Å². The zero-order valence-electron chi connectivity index (χ0n) is 12.6. The number of likely N-dealkylation sites (N-methyl/N-ethyl adjacent to an activating group) is 1. The first-order chi connectivity index (χ1) is 10.9. The predicted octanol–water partition coefficient (Wildman–Crippen LogP) is 2.41. The van der Waals surface area contributed by atoms with E-state index in [-0.39, 0.29) is 12.2 Å². The predicted molar refractivity (Wildman–Crippen MR) is 78.0 cm³/mol. The van der Waals surface area contributed by atoms with E-state index in [0.29, 0.717) is 25.9 Å². The second-order valence-corrected chi connectivity index (χ2v) is 5.99. The number of carbonyl (C=O) groups is 2. The normalized spacial score (nSPS) is 24.0. The van der Waals surface area contributed by atoms with Crippen molar-refractivity contribution >= 4 is 17.8 Å². The smallest absolute Gasteiger partial charge is 0.410 e. The lowest BCUT2D eigenvalue weighted by atomic mass is 9.93. The molecule has 0 saturated carbocycles. The van der Waals surface area contributed by atoms with Gasteiger partial charge in [-0.15, -0.1) is 0 Å². The molecule has 8 heteroatoms. The van der Waals surface area contributed by atoms with Gasteiger partial charge in [-0.1, -0.05) is 0 Å². The molecule has 0 unspecified atom stereocenters. The van der Waals surface area contributed by atoms with E-state index in [1.54, 1.807) is 7.05 Å². The van der Waals surface area contributed by atoms with E-state index in [2.05, 4.69) is 5.32 Å². The fraction of sp³-hybridized carbons (Fsp3) is 0.467. The molecule has 1 spiro atoms. The second-order valence-electron chi connectivity index (χ2n) is 5.99. The Morgan fingerprint density at radius 1 is 1.35 bits per heavy atom. The van der Waals surface area contributed by atoms with Gasteiger partial charge in [0.1, 0.15) is 17.2 Å². The van der Waals surface area contributed by atoms with Crippen molar-refractivity contribution in [3.63, 3.8) is 0 Å². The molecule has 3 rings (SSSR count). The number of hydrogen-bond donors (Lipinski definition) is 1. The van der Waals surface area contributed by atoms with Crippen molar-refractivity contribution in [2.75, 3.05) is 32.0 Å². The van der Waals surface area contributed by atoms with Gasteiger partial charge >= 0.3 is 12.1 Å². The summed E-state index contributed by atoms with van der Waals surface area (Å²) in [6.45, 7) is 1.10. The summed E-state index contributed by atoms with van der Waals surface area (Å²) < 4.78 is 32.2. The minimum Gasteiger partial charge on any atom is -0.439 e. The van der Waals surface area contributed by atoms with Gasteiger partial charge in [0, 0.05) is 19.7 Å². The van der Waals surface area contributed by atoms with Gasteiger partial charge in [-0.05, 0) is 25.0 Å². The third-order valence-electron chi connectivity index (χ3n) is 4.14. The molecule has 2 saturated heterocycles. The van der Waals surface area contributed by atoms with E-state index in [0.717, 1.165) is 18.2 Å². The average molecular weight is 325 g/mol. The molecule has 1 N–H and O–H groups in total. The van der Waals surface area contributed by atoms with E-state index < -0.39 is 29.4 Å². The van der Waals surface area contributed by atoms with Crippen molar-refractivity contribution < 1.29 is 23.1 Å². The van der Waals surface area contributed by atoms with Gasteiger partial charge in [-0.25, -0.2) is 18.4 Å². The maximum Gasteiger partial charge on any atom is 0.410 e. The van der Waals surface area contributed by atoms with Crippen LogP contribution in [0.2, 0.25) is 0 Å². The first-order valence-electron chi connectivity index (χ1n) is 7.34. The van der Waals surface area contributed by atoms with Gasteiger partial charge in [0.05, 0.1) is 18.8 Å². The Labute approximate surface area is 132 Å². The molecule has 0 aromatic heterocycles. The van der Waals surface area contributed by atoms with Crippen LogP contribution in [0.4, 0.5) is 24.1 Å². The number of carbonyl (C=O) groups excluding carboxylic acids is 2. The van der Waals surface area contributed by atoms with Crippen LogP contribution in [0.15, 0.2) is 18.2 Å². The maximum absolute atomic E-state index is 13.6. The molecule has 23 heavy (non-hydrogen) atoms. The summed E-state index contributed by atoms with van der Waals surface area (Å²) in [6, 6.07) is 2.32. The maximum atomic E-state index is 13.6. The van der Waals surface area contributed by atoms with Crippen LogP contribution in [0.5, 0.6) is 0 Å². The number of hydrogen-bond acceptors (Lipinski definition) is 3. The van der Waals surface area contributed by atoms with Crippen LogP contribution in [-0.4, -0.2) is 54.2 Å². The average Bonchev–Trinajstić information content (AvgIpc) is 2.76. The number of nitrogens with zero attached hydrogens (tertiary/aromatic N) is 2. The number of likely N-dealkylation sites (tertiary alicyclic amines) is 1. The van der Waals surface area contributed by atoms with Crippen LogP contribution < -0.4 is 5.32 Å². The molecule has 2 heterocycles. The molecule has 1 aromatic carbocycles. The number of rotatable bonds is 1. The summed E-state index contributed by atoms with van der Waals surface area (Å²) in [4.78, 5) is 26.8. The molecule has 1 aromatic rings. The van der Waals surface area contributed by atoms with Crippen LogP contribution in [0.1, 0.15) is 12.8 Å². The van der Waals surface area contributed by atoms with Crippen LogP contribution >= 0.6 is 0 Å². The zero-order chi connectivity index (χ0) is 16.6. The highest BCUT2D eigenvalue weighted by Crippen LogP contribution is 2.31. The molecule has 3 amide bonds. The molecular weight excluding hydrogens is 308 g/mol. The Hall–Kier alpha value is -2.38. The minimum atomic E-state index is -0.720. The Balaban J connectivity index is 1.70. The second kappa shape index (κ2) is 5.68. The molecule has 0 bridgehead atoms. The lowest BCUT2D eigenvalue weighted by molar-refractivity contribution is 0.00496. The van der Waals surface area contributed by atoms with Crippen molar-refractivity contribution in [2.45, 2.75) is 18.4 Å². The first kappa shape index (κ1) is 15.5. The number of benzene rings is 1. The number of amides is 3. The lowest BCUT2D eigenvalue weighted by Crippen LogP contribution is -2.53. The number of ether oxygens (including phenoxy) is 1. The van der Waals surface area contributed by atoms with Crippen LogP contribution in [0.25, 0.3) is 0 Å². The Morgan fingerprint density at radius 3 is 2.83 bits per heavy atom. The lowest BCUT2D eigenvalue weighted by Gasteiger charge is -2.38. The summed E-state index contributed by atoms with van der Waals surface area (Å²) in [6.07, 6.45) is 0.921. The third kappa shape index (κ3) is 3.06. The standard InChI is InChI=1S/C15H17F2N3O3/c1-19-8-15(23-14(19)22)5-2-6-20(9-15)13(21)18-12-7-10(16)3-4-11(12)17/h3-4,7H,2,5-6,8-9H2,1H3,(H,18,21)/t15-/m1/s1. The van der Waals surface area contributed by atoms with Crippen molar-refractivity contribution in [2.24, 2.45) is 0 Å². The number of piperidine rings is 1. The highest BCUT2D eigenvalue weighted by atomic mass is 19.1. The Kier molecular flexibility index (Phi) is 3.83. The fourth-order valence-electron chi connectivity index (χ4n) is 3.06.